The van der Waals surface area contributed by atoms with Crippen LogP contribution in [-0.2, 0) is 14.8 Å². The number of hydrogen-bond donors (Lipinski definition) is 0. The van der Waals surface area contributed by atoms with Crippen LogP contribution in [0.1, 0.15) is 12.8 Å². The molecule has 0 spiro atoms. The summed E-state index contributed by atoms with van der Waals surface area (Å²) in [5, 5.41) is 0. The molecule has 0 unspecified atom stereocenters. The number of methoxy groups -OCH3 is 1. The first-order chi connectivity index (χ1) is 12.2. The van der Waals surface area contributed by atoms with Crippen LogP contribution in [0.25, 0.3) is 0 Å². The summed E-state index contributed by atoms with van der Waals surface area (Å²) in [7, 11) is -4.04. The number of rotatable bonds is 4. The van der Waals surface area contributed by atoms with Crippen LogP contribution >= 0.6 is 0 Å². The summed E-state index contributed by atoms with van der Waals surface area (Å²) >= 11 is 0. The van der Waals surface area contributed by atoms with Gasteiger partial charge in [0.05, 0.1) is 7.11 Å². The van der Waals surface area contributed by atoms with E-state index in [-0.39, 0.29) is 38.0 Å². The zero-order valence-electron chi connectivity index (χ0n) is 13.8. The minimum absolute atomic E-state index is 0.0406. The van der Waals surface area contributed by atoms with Crippen molar-refractivity contribution in [2.75, 3.05) is 33.3 Å². The predicted molar refractivity (Wildman–Crippen MR) is 80.9 cm³/mol. The number of benzene rings is 1. The van der Waals surface area contributed by atoms with Crippen LogP contribution in [0.2, 0.25) is 0 Å². The first-order valence-electron chi connectivity index (χ1n) is 7.89. The molecule has 2 aliphatic rings. The van der Waals surface area contributed by atoms with E-state index in [1.807, 2.05) is 0 Å². The Balaban J connectivity index is 1.88. The van der Waals surface area contributed by atoms with Gasteiger partial charge in [-0.05, 0) is 12.8 Å². The molecule has 0 aromatic heterocycles. The maximum Gasteiger partial charge on any atom is 0.249 e. The molecule has 1 aromatic rings. The van der Waals surface area contributed by atoms with Gasteiger partial charge in [0.25, 0.3) is 0 Å². The van der Waals surface area contributed by atoms with E-state index in [1.54, 1.807) is 0 Å². The third kappa shape index (κ3) is 3.02. The summed E-state index contributed by atoms with van der Waals surface area (Å²) in [5.74, 6) is -9.40. The Morgan fingerprint density at radius 3 is 1.88 bits per heavy atom. The van der Waals surface area contributed by atoms with E-state index in [2.05, 4.69) is 4.74 Å². The summed E-state index contributed by atoms with van der Waals surface area (Å²) in [5.41, 5.74) is 0. The van der Waals surface area contributed by atoms with Gasteiger partial charge in [-0.1, -0.05) is 0 Å². The molecule has 6 nitrogen and oxygen atoms in total. The predicted octanol–water partition coefficient (Wildman–Crippen LogP) is 1.49. The highest BCUT2D eigenvalue weighted by Gasteiger charge is 2.40. The normalized spacial score (nSPS) is 18.9. The zero-order valence-corrected chi connectivity index (χ0v) is 14.6. The van der Waals surface area contributed by atoms with Gasteiger partial charge in [-0.3, -0.25) is 4.79 Å². The Bertz CT molecular complexity index is 821. The van der Waals surface area contributed by atoms with E-state index in [9.17, 15) is 30.8 Å². The van der Waals surface area contributed by atoms with Crippen LogP contribution in [0.4, 0.5) is 17.6 Å². The lowest BCUT2D eigenvalue weighted by atomic mass is 10.3. The van der Waals surface area contributed by atoms with Gasteiger partial charge in [-0.15, -0.1) is 0 Å². The number of sulfonamides is 1. The number of carbonyl (C=O) groups excluding carboxylic acids is 1. The molecule has 1 heterocycles. The van der Waals surface area contributed by atoms with Gasteiger partial charge in [0.1, 0.15) is 0 Å². The van der Waals surface area contributed by atoms with Gasteiger partial charge in [0, 0.05) is 32.1 Å². The fourth-order valence-corrected chi connectivity index (χ4v) is 4.40. The van der Waals surface area contributed by atoms with Gasteiger partial charge in [-0.2, -0.15) is 13.1 Å². The van der Waals surface area contributed by atoms with Crippen LogP contribution in [0.5, 0.6) is 5.75 Å². The number of amides is 1. The topological polar surface area (TPSA) is 66.9 Å². The first kappa shape index (κ1) is 18.9. The lowest BCUT2D eigenvalue weighted by Crippen LogP contribution is -2.51. The molecular weight excluding hydrogens is 380 g/mol. The van der Waals surface area contributed by atoms with E-state index < -0.39 is 43.9 Å². The minimum atomic E-state index is -4.84. The van der Waals surface area contributed by atoms with Crippen molar-refractivity contribution < 1.29 is 35.5 Å². The van der Waals surface area contributed by atoms with Gasteiger partial charge < -0.3 is 9.64 Å². The van der Waals surface area contributed by atoms with E-state index >= 15 is 0 Å². The highest BCUT2D eigenvalue weighted by molar-refractivity contribution is 7.89. The van der Waals surface area contributed by atoms with Gasteiger partial charge in [0.2, 0.25) is 27.6 Å². The summed E-state index contributed by atoms with van der Waals surface area (Å²) in [6, 6.07) is 0. The quantitative estimate of drug-likeness (QED) is 0.572. The average Bonchev–Trinajstić information content (AvgIpc) is 3.45. The standard InChI is InChI=1S/C15H16F4N2O4S/c1-25-13-9(16)11(18)14(12(19)10(13)17)26(23,24)21-6-4-20(5-7-21)15(22)8-2-3-8/h8H,2-7H2,1H3. The van der Waals surface area contributed by atoms with E-state index in [0.29, 0.717) is 4.31 Å². The highest BCUT2D eigenvalue weighted by Crippen LogP contribution is 2.35. The molecule has 0 bridgehead atoms. The molecular formula is C15H16F4N2O4S. The van der Waals surface area contributed by atoms with Crippen molar-refractivity contribution in [3.63, 3.8) is 0 Å². The van der Waals surface area contributed by atoms with E-state index in [0.717, 1.165) is 20.0 Å². The molecule has 1 saturated carbocycles. The molecule has 144 valence electrons. The second-order valence-electron chi connectivity index (χ2n) is 6.12. The molecule has 1 aliphatic heterocycles. The van der Waals surface area contributed by atoms with Crippen molar-refractivity contribution in [2.24, 2.45) is 5.92 Å². The van der Waals surface area contributed by atoms with Crippen molar-refractivity contribution in [2.45, 2.75) is 17.7 Å². The molecule has 11 heteroatoms. The molecule has 1 aliphatic carbocycles. The van der Waals surface area contributed by atoms with E-state index in [4.69, 9.17) is 0 Å². The molecule has 2 fully saturated rings. The Kier molecular flexibility index (Phi) is 4.86. The molecule has 1 saturated heterocycles. The van der Waals surface area contributed by atoms with E-state index in [1.165, 1.54) is 4.90 Å². The molecule has 1 aromatic carbocycles. The largest absolute Gasteiger partial charge is 0.491 e. The van der Waals surface area contributed by atoms with Crippen LogP contribution < -0.4 is 4.74 Å². The molecule has 3 rings (SSSR count). The Labute approximate surface area is 147 Å². The second kappa shape index (κ2) is 6.69. The number of ether oxygens (including phenoxy) is 1. The molecule has 1 amide bonds. The Morgan fingerprint density at radius 2 is 1.46 bits per heavy atom. The van der Waals surface area contributed by atoms with Crippen molar-refractivity contribution in [3.8, 4) is 5.75 Å². The van der Waals surface area contributed by atoms with Crippen LogP contribution in [0.15, 0.2) is 4.90 Å². The smallest absolute Gasteiger partial charge is 0.249 e. The Hall–Kier alpha value is -1.88. The first-order valence-corrected chi connectivity index (χ1v) is 9.33. The van der Waals surface area contributed by atoms with Gasteiger partial charge in [0.15, 0.2) is 22.3 Å². The molecule has 0 N–H and O–H groups in total. The van der Waals surface area contributed by atoms with Crippen LogP contribution in [0, 0.1) is 29.2 Å². The second-order valence-corrected chi connectivity index (χ2v) is 8.00. The summed E-state index contributed by atoms with van der Waals surface area (Å²) in [6.07, 6.45) is 1.58. The summed E-state index contributed by atoms with van der Waals surface area (Å²) in [4.78, 5) is 11.8. The maximum atomic E-state index is 14.1. The number of piperazine rings is 1. The Morgan fingerprint density at radius 1 is 0.962 bits per heavy atom. The number of hydrogen-bond acceptors (Lipinski definition) is 4. The number of carbonyl (C=O) groups is 1. The summed E-state index contributed by atoms with van der Waals surface area (Å²) in [6.45, 7) is -0.373. The number of halogens is 4. The third-order valence-corrected chi connectivity index (χ3v) is 6.38. The maximum absolute atomic E-state index is 14.1. The fourth-order valence-electron chi connectivity index (χ4n) is 2.86. The van der Waals surface area contributed by atoms with Crippen LogP contribution in [0.3, 0.4) is 0 Å². The minimum Gasteiger partial charge on any atom is -0.491 e. The third-order valence-electron chi connectivity index (χ3n) is 4.46. The molecule has 26 heavy (non-hydrogen) atoms. The number of nitrogens with zero attached hydrogens (tertiary/aromatic N) is 2. The van der Waals surface area contributed by atoms with Crippen molar-refractivity contribution >= 4 is 15.9 Å². The van der Waals surface area contributed by atoms with Crippen molar-refractivity contribution in [1.29, 1.82) is 0 Å². The van der Waals surface area contributed by atoms with Gasteiger partial charge in [-0.25, -0.2) is 17.2 Å². The summed E-state index contributed by atoms with van der Waals surface area (Å²) < 4.78 is 85.9. The lowest BCUT2D eigenvalue weighted by molar-refractivity contribution is -0.133. The average molecular weight is 396 g/mol. The SMILES string of the molecule is COc1c(F)c(F)c(S(=O)(=O)N2CCN(C(=O)C3CC3)CC2)c(F)c1F. The highest BCUT2D eigenvalue weighted by atomic mass is 32.2. The van der Waals surface area contributed by atoms with Crippen molar-refractivity contribution in [1.82, 2.24) is 9.21 Å². The fraction of sp³-hybridized carbons (Fsp3) is 0.533. The van der Waals surface area contributed by atoms with Crippen molar-refractivity contribution in [3.05, 3.63) is 23.3 Å². The lowest BCUT2D eigenvalue weighted by Gasteiger charge is -2.34. The zero-order chi connectivity index (χ0) is 19.2. The molecule has 0 radical (unpaired) electrons. The monoisotopic (exact) mass is 396 g/mol. The van der Waals surface area contributed by atoms with Gasteiger partial charge >= 0.3 is 0 Å². The van der Waals surface area contributed by atoms with Crippen LogP contribution in [-0.4, -0.2) is 56.8 Å². The molecule has 0 atom stereocenters.